The van der Waals surface area contributed by atoms with E-state index in [0.29, 0.717) is 6.07 Å². The number of aliphatic carboxylic acids is 1. The second-order valence-corrected chi connectivity index (χ2v) is 7.57. The van der Waals surface area contributed by atoms with Crippen molar-refractivity contribution in [2.45, 2.75) is 27.1 Å². The number of rotatable bonds is 7. The Morgan fingerprint density at radius 3 is 2.04 bits per heavy atom. The van der Waals surface area contributed by atoms with E-state index in [1.54, 1.807) is 0 Å². The van der Waals surface area contributed by atoms with E-state index in [-0.39, 0.29) is 12.1 Å². The van der Waals surface area contributed by atoms with E-state index in [9.17, 15) is 54.1 Å². The van der Waals surface area contributed by atoms with Crippen molar-refractivity contribution in [2.75, 3.05) is 5.75 Å². The summed E-state index contributed by atoms with van der Waals surface area (Å²) in [4.78, 5) is 17.7. The molecule has 0 aliphatic carbocycles. The highest BCUT2D eigenvalue weighted by atomic mass is 32.2. The first-order valence-electron chi connectivity index (χ1n) is 6.17. The zero-order valence-electron chi connectivity index (χ0n) is 12.3. The highest BCUT2D eigenvalue weighted by Crippen LogP contribution is 2.49. The van der Waals surface area contributed by atoms with Gasteiger partial charge in [0, 0.05) is 6.07 Å². The summed E-state index contributed by atoms with van der Waals surface area (Å²) in [5.41, 5.74) is -1.34. The number of nitrogens with zero attached hydrogens (tertiary/aromatic N) is 1. The molecule has 16 heteroatoms. The fourth-order valence-corrected chi connectivity index (χ4v) is 3.59. The zero-order valence-corrected chi connectivity index (χ0v) is 14.0. The normalized spacial score (nSPS) is 15.2. The molecule has 0 saturated carbocycles. The molecule has 0 aromatic heterocycles. The molecule has 7 nitrogen and oxygen atoms in total. The largest absolute Gasteiger partial charge is 0.481 e. The summed E-state index contributed by atoms with van der Waals surface area (Å²) in [5.74, 6) is -9.53. The van der Waals surface area contributed by atoms with Crippen molar-refractivity contribution in [3.8, 4) is 0 Å². The Bertz CT molecular complexity index is 826. The van der Waals surface area contributed by atoms with Crippen LogP contribution in [0.2, 0.25) is 0 Å². The maximum Gasteiger partial charge on any atom is 0.461 e. The molecule has 1 aromatic rings. The van der Waals surface area contributed by atoms with Crippen LogP contribution in [0.1, 0.15) is 0 Å². The smallest absolute Gasteiger partial charge is 0.461 e. The minimum Gasteiger partial charge on any atom is -0.481 e. The van der Waals surface area contributed by atoms with Gasteiger partial charge >= 0.3 is 23.3 Å². The summed E-state index contributed by atoms with van der Waals surface area (Å²) in [6.45, 7) is 0. The van der Waals surface area contributed by atoms with Crippen LogP contribution in [0.3, 0.4) is 0 Å². The first-order valence-corrected chi connectivity index (χ1v) is 8.63. The SMILES string of the molecule is O=C(O)CS(=O)c1ccc(S(=O)C(F)(F)C(F)(F)C(F)(F)F)cc1[N+](=O)[O-]. The van der Waals surface area contributed by atoms with Gasteiger partial charge in [0.15, 0.2) is 0 Å². The lowest BCUT2D eigenvalue weighted by molar-refractivity contribution is -0.388. The van der Waals surface area contributed by atoms with Crippen LogP contribution >= 0.6 is 0 Å². The molecule has 27 heavy (non-hydrogen) atoms. The minimum atomic E-state index is -6.76. The van der Waals surface area contributed by atoms with Crippen LogP contribution in [0, 0.1) is 10.1 Å². The monoisotopic (exact) mass is 445 g/mol. The summed E-state index contributed by atoms with van der Waals surface area (Å²) in [6.07, 6.45) is -6.76. The average molecular weight is 445 g/mol. The number of hydrogen-bond donors (Lipinski definition) is 1. The maximum absolute atomic E-state index is 13.5. The Morgan fingerprint density at radius 2 is 1.63 bits per heavy atom. The van der Waals surface area contributed by atoms with Crippen molar-refractivity contribution in [3.63, 3.8) is 0 Å². The van der Waals surface area contributed by atoms with Gasteiger partial charge in [-0.1, -0.05) is 0 Å². The van der Waals surface area contributed by atoms with Crippen LogP contribution in [-0.4, -0.2) is 47.5 Å². The van der Waals surface area contributed by atoms with Crippen LogP contribution < -0.4 is 0 Å². The number of nitro benzene ring substituents is 1. The lowest BCUT2D eigenvalue weighted by Gasteiger charge is -2.27. The summed E-state index contributed by atoms with van der Waals surface area (Å²) in [6, 6.07) is 0.594. The summed E-state index contributed by atoms with van der Waals surface area (Å²) < 4.78 is 112. The topological polar surface area (TPSA) is 115 Å². The van der Waals surface area contributed by atoms with E-state index in [1.807, 2.05) is 0 Å². The van der Waals surface area contributed by atoms with E-state index in [0.717, 1.165) is 0 Å². The van der Waals surface area contributed by atoms with Crippen molar-refractivity contribution in [1.82, 2.24) is 0 Å². The lowest BCUT2D eigenvalue weighted by Crippen LogP contribution is -2.54. The van der Waals surface area contributed by atoms with Crippen LogP contribution in [0.25, 0.3) is 0 Å². The van der Waals surface area contributed by atoms with Crippen LogP contribution in [-0.2, 0) is 26.4 Å². The van der Waals surface area contributed by atoms with Gasteiger partial charge in [-0.15, -0.1) is 0 Å². The molecule has 1 aromatic carbocycles. The minimum absolute atomic E-state index is 0.0362. The van der Waals surface area contributed by atoms with Gasteiger partial charge in [-0.05, 0) is 12.1 Å². The molecule has 0 fully saturated rings. The third-order valence-electron chi connectivity index (χ3n) is 2.80. The molecular formula is C11H6F7NO6S2. The summed E-state index contributed by atoms with van der Waals surface area (Å²) in [7, 11) is -6.97. The van der Waals surface area contributed by atoms with Gasteiger partial charge in [-0.25, -0.2) is 4.21 Å². The first-order chi connectivity index (χ1) is 12.0. The Morgan fingerprint density at radius 1 is 1.11 bits per heavy atom. The predicted octanol–water partition coefficient (Wildman–Crippen LogP) is 2.69. The Hall–Kier alpha value is -2.10. The summed E-state index contributed by atoms with van der Waals surface area (Å²) in [5, 5.41) is 13.2. The number of carbonyl (C=O) groups is 1. The number of alkyl halides is 7. The standard InChI is InChI=1S/C11H6F7NO6S2/c12-9(13,10(14,15)16)11(17,18)27(25)5-1-2-7(6(3-5)19(22)23)26(24)4-8(20)21/h1-3H,4H2,(H,20,21). The highest BCUT2D eigenvalue weighted by Gasteiger charge is 2.76. The number of carboxylic acid groups (broad SMARTS) is 1. The molecule has 2 atom stereocenters. The van der Waals surface area contributed by atoms with E-state index < -0.39 is 71.1 Å². The van der Waals surface area contributed by atoms with Crippen LogP contribution in [0.5, 0.6) is 0 Å². The third-order valence-corrected chi connectivity index (χ3v) is 5.54. The van der Waals surface area contributed by atoms with Gasteiger partial charge in [0.25, 0.3) is 5.69 Å². The van der Waals surface area contributed by atoms with Gasteiger partial charge in [-0.2, -0.15) is 30.7 Å². The molecule has 1 N–H and O–H groups in total. The Kier molecular flexibility index (Phi) is 6.37. The molecule has 0 bridgehead atoms. The van der Waals surface area contributed by atoms with E-state index in [1.165, 1.54) is 0 Å². The van der Waals surface area contributed by atoms with Crippen LogP contribution in [0.4, 0.5) is 36.4 Å². The number of carboxylic acids is 1. The van der Waals surface area contributed by atoms with Gasteiger partial charge in [0.2, 0.25) is 0 Å². The third kappa shape index (κ3) is 4.42. The molecule has 0 aliphatic rings. The first kappa shape index (κ1) is 22.9. The number of nitro groups is 1. The second-order valence-electron chi connectivity index (χ2n) is 4.63. The van der Waals surface area contributed by atoms with E-state index in [2.05, 4.69) is 0 Å². The summed E-state index contributed by atoms with van der Waals surface area (Å²) >= 11 is 0. The number of halogens is 7. The molecule has 0 spiro atoms. The van der Waals surface area contributed by atoms with Crippen molar-refractivity contribution in [2.24, 2.45) is 0 Å². The van der Waals surface area contributed by atoms with Crippen molar-refractivity contribution < 1.29 is 54.0 Å². The van der Waals surface area contributed by atoms with E-state index in [4.69, 9.17) is 5.11 Å². The molecule has 0 radical (unpaired) electrons. The molecule has 0 amide bonds. The van der Waals surface area contributed by atoms with Crippen LogP contribution in [0.15, 0.2) is 28.0 Å². The average Bonchev–Trinajstić information content (AvgIpc) is 2.51. The van der Waals surface area contributed by atoms with Crippen molar-refractivity contribution in [1.29, 1.82) is 0 Å². The van der Waals surface area contributed by atoms with Gasteiger partial charge < -0.3 is 5.11 Å². The Labute approximate surface area is 149 Å². The highest BCUT2D eigenvalue weighted by molar-refractivity contribution is 7.86. The zero-order chi connectivity index (χ0) is 21.4. The van der Waals surface area contributed by atoms with Gasteiger partial charge in [0.05, 0.1) is 20.6 Å². The predicted molar refractivity (Wildman–Crippen MR) is 74.4 cm³/mol. The molecular weight excluding hydrogens is 439 g/mol. The Balaban J connectivity index is 3.46. The lowest BCUT2D eigenvalue weighted by atomic mass is 10.3. The maximum atomic E-state index is 13.5. The van der Waals surface area contributed by atoms with Gasteiger partial charge in [-0.3, -0.25) is 19.1 Å². The fourth-order valence-electron chi connectivity index (χ4n) is 1.57. The molecule has 1 rings (SSSR count). The molecule has 152 valence electrons. The number of hydrogen-bond acceptors (Lipinski definition) is 5. The van der Waals surface area contributed by atoms with Crippen molar-refractivity contribution in [3.05, 3.63) is 28.3 Å². The molecule has 2 unspecified atom stereocenters. The van der Waals surface area contributed by atoms with Gasteiger partial charge in [0.1, 0.15) is 21.4 Å². The van der Waals surface area contributed by atoms with Crippen molar-refractivity contribution >= 4 is 33.3 Å². The molecule has 0 aliphatic heterocycles. The van der Waals surface area contributed by atoms with E-state index >= 15 is 0 Å². The quantitative estimate of drug-likeness (QED) is 0.392. The molecule has 0 saturated heterocycles. The second kappa shape index (κ2) is 7.49. The number of benzene rings is 1. The fraction of sp³-hybridized carbons (Fsp3) is 0.364. The molecule has 0 heterocycles.